The monoisotopic (exact) mass is 274 g/mol. The van der Waals surface area contributed by atoms with Gasteiger partial charge >= 0.3 is 0 Å². The number of nitrogens with two attached hydrogens (primary N) is 1. The number of nitrogens with zero attached hydrogens (tertiary/aromatic N) is 3. The normalized spacial score (nSPS) is 17.2. The van der Waals surface area contributed by atoms with Gasteiger partial charge in [-0.3, -0.25) is 9.36 Å². The second-order valence-electron chi connectivity index (χ2n) is 4.15. The highest BCUT2D eigenvalue weighted by Crippen LogP contribution is 2.41. The molecule has 2 N–H and O–H groups in total. The summed E-state index contributed by atoms with van der Waals surface area (Å²) in [5, 5.41) is 3.30. The Morgan fingerprint density at radius 2 is 2.11 bits per heavy atom. The molecule has 0 saturated carbocycles. The molecule has 6 nitrogen and oxygen atoms in total. The zero-order valence-corrected chi connectivity index (χ0v) is 10.6. The molecule has 0 radical (unpaired) electrons. The van der Waals surface area contributed by atoms with Crippen LogP contribution < -0.4 is 11.3 Å². The van der Waals surface area contributed by atoms with E-state index in [1.54, 1.807) is 0 Å². The van der Waals surface area contributed by atoms with Crippen molar-refractivity contribution in [1.82, 2.24) is 9.55 Å². The molecule has 2 aromatic rings. The molecule has 1 unspecified atom stereocenters. The molecular weight excluding hydrogens is 264 g/mol. The van der Waals surface area contributed by atoms with Gasteiger partial charge in [0.15, 0.2) is 11.0 Å². The van der Waals surface area contributed by atoms with E-state index in [0.717, 1.165) is 5.56 Å². The van der Waals surface area contributed by atoms with Crippen LogP contribution in [-0.2, 0) is 6.54 Å². The first-order valence-electron chi connectivity index (χ1n) is 5.66. The molecule has 2 heterocycles. The highest BCUT2D eigenvalue weighted by molar-refractivity contribution is 7.99. The minimum Gasteiger partial charge on any atom is -0.382 e. The number of aromatic nitrogens is 2. The lowest BCUT2D eigenvalue weighted by Gasteiger charge is -2.06. The van der Waals surface area contributed by atoms with Crippen LogP contribution in [0.3, 0.4) is 0 Å². The molecule has 1 aromatic heterocycles. The Labute approximate surface area is 112 Å². The molecule has 1 aliphatic heterocycles. The number of nitroso groups, excluding NO2 is 1. The van der Waals surface area contributed by atoms with Crippen LogP contribution in [0.1, 0.15) is 10.8 Å². The van der Waals surface area contributed by atoms with Gasteiger partial charge in [0, 0.05) is 6.54 Å². The van der Waals surface area contributed by atoms with Crippen LogP contribution in [0.2, 0.25) is 0 Å². The Bertz CT molecular complexity index is 699. The molecule has 7 heteroatoms. The Morgan fingerprint density at radius 1 is 1.37 bits per heavy atom. The van der Waals surface area contributed by atoms with E-state index in [1.165, 1.54) is 16.3 Å². The van der Waals surface area contributed by atoms with Gasteiger partial charge in [0.05, 0.1) is 5.25 Å². The van der Waals surface area contributed by atoms with E-state index in [2.05, 4.69) is 10.2 Å². The quantitative estimate of drug-likeness (QED) is 0.668. The molecule has 1 aliphatic rings. The summed E-state index contributed by atoms with van der Waals surface area (Å²) in [6, 6.07) is 9.82. The maximum Gasteiger partial charge on any atom is 0.285 e. The van der Waals surface area contributed by atoms with Gasteiger partial charge in [-0.1, -0.05) is 42.1 Å². The molecule has 0 bridgehead atoms. The molecule has 0 saturated heterocycles. The van der Waals surface area contributed by atoms with Crippen molar-refractivity contribution in [2.75, 3.05) is 5.73 Å². The smallest absolute Gasteiger partial charge is 0.285 e. The van der Waals surface area contributed by atoms with Crippen LogP contribution in [0.4, 0.5) is 11.5 Å². The topological polar surface area (TPSA) is 90.3 Å². The molecule has 0 spiro atoms. The molecule has 0 fully saturated rings. The van der Waals surface area contributed by atoms with Crippen molar-refractivity contribution in [2.24, 2.45) is 5.18 Å². The largest absolute Gasteiger partial charge is 0.382 e. The van der Waals surface area contributed by atoms with Crippen molar-refractivity contribution < 1.29 is 0 Å². The predicted octanol–water partition coefficient (Wildman–Crippen LogP) is 2.07. The molecule has 0 aliphatic carbocycles. The maximum atomic E-state index is 12.0. The van der Waals surface area contributed by atoms with Crippen LogP contribution in [0.5, 0.6) is 0 Å². The lowest BCUT2D eigenvalue weighted by Crippen LogP contribution is -2.21. The van der Waals surface area contributed by atoms with Crippen molar-refractivity contribution in [3.8, 4) is 0 Å². The fourth-order valence-corrected chi connectivity index (χ4v) is 3.26. The average Bonchev–Trinajstić information content (AvgIpc) is 2.84. The first kappa shape index (κ1) is 11.9. The van der Waals surface area contributed by atoms with Crippen LogP contribution in [0.15, 0.2) is 45.5 Å². The number of nitrogen functional groups attached to an aromatic ring is 1. The van der Waals surface area contributed by atoms with E-state index in [-0.39, 0.29) is 16.8 Å². The number of hydrogen-bond acceptors (Lipinski definition) is 6. The molecule has 19 heavy (non-hydrogen) atoms. The van der Waals surface area contributed by atoms with Gasteiger partial charge in [-0.2, -0.15) is 0 Å². The van der Waals surface area contributed by atoms with Crippen LogP contribution in [0, 0.1) is 4.91 Å². The Hall–Kier alpha value is -2.15. The van der Waals surface area contributed by atoms with Crippen molar-refractivity contribution in [3.63, 3.8) is 0 Å². The standard InChI is InChI=1S/C12H10N4O2S/c13-10-9(15-18)11(17)16-6-8(19-12(16)14-10)7-4-2-1-3-5-7/h1-5,8H,6,13H2. The SMILES string of the molecule is Nc1nc2n(c(=O)c1N=O)CC(c1ccccc1)S2. The van der Waals surface area contributed by atoms with Crippen molar-refractivity contribution in [3.05, 3.63) is 51.2 Å². The first-order chi connectivity index (χ1) is 9.20. The van der Waals surface area contributed by atoms with Crippen molar-refractivity contribution in [2.45, 2.75) is 17.0 Å². The predicted molar refractivity (Wildman–Crippen MR) is 73.4 cm³/mol. The summed E-state index contributed by atoms with van der Waals surface area (Å²) in [5.41, 5.74) is 5.89. The van der Waals surface area contributed by atoms with E-state index < -0.39 is 5.56 Å². The number of hydrogen-bond donors (Lipinski definition) is 1. The molecule has 3 rings (SSSR count). The van der Waals surface area contributed by atoms with Gasteiger partial charge in [0.2, 0.25) is 5.69 Å². The van der Waals surface area contributed by atoms with Gasteiger partial charge in [-0.25, -0.2) is 4.98 Å². The summed E-state index contributed by atoms with van der Waals surface area (Å²) in [4.78, 5) is 26.7. The van der Waals surface area contributed by atoms with Gasteiger partial charge in [0.1, 0.15) is 0 Å². The Kier molecular flexibility index (Phi) is 2.83. The molecule has 0 amide bonds. The van der Waals surface area contributed by atoms with Crippen LogP contribution in [-0.4, -0.2) is 9.55 Å². The Morgan fingerprint density at radius 3 is 2.79 bits per heavy atom. The summed E-state index contributed by atoms with van der Waals surface area (Å²) >= 11 is 1.46. The molecular formula is C12H10N4O2S. The van der Waals surface area contributed by atoms with E-state index in [0.29, 0.717) is 11.7 Å². The maximum absolute atomic E-state index is 12.0. The number of benzene rings is 1. The summed E-state index contributed by atoms with van der Waals surface area (Å²) in [7, 11) is 0. The summed E-state index contributed by atoms with van der Waals surface area (Å²) in [6.45, 7) is 0.471. The second-order valence-corrected chi connectivity index (χ2v) is 5.32. The van der Waals surface area contributed by atoms with Crippen LogP contribution >= 0.6 is 11.8 Å². The summed E-state index contributed by atoms with van der Waals surface area (Å²) < 4.78 is 1.45. The number of anilines is 1. The number of rotatable bonds is 2. The molecule has 96 valence electrons. The Balaban J connectivity index is 2.04. The highest BCUT2D eigenvalue weighted by Gasteiger charge is 2.28. The first-order valence-corrected chi connectivity index (χ1v) is 6.54. The molecule has 1 atom stereocenters. The van der Waals surface area contributed by atoms with Crippen LogP contribution in [0.25, 0.3) is 0 Å². The highest BCUT2D eigenvalue weighted by atomic mass is 32.2. The minimum absolute atomic E-state index is 0.0997. The number of thioether (sulfide) groups is 1. The third-order valence-corrected chi connectivity index (χ3v) is 4.22. The third kappa shape index (κ3) is 1.91. The summed E-state index contributed by atoms with van der Waals surface area (Å²) in [5.74, 6) is -0.104. The lowest BCUT2D eigenvalue weighted by atomic mass is 10.1. The van der Waals surface area contributed by atoms with E-state index in [9.17, 15) is 9.70 Å². The van der Waals surface area contributed by atoms with Gasteiger partial charge in [0.25, 0.3) is 5.56 Å². The minimum atomic E-state index is -0.469. The lowest BCUT2D eigenvalue weighted by molar-refractivity contribution is 0.617. The summed E-state index contributed by atoms with van der Waals surface area (Å²) in [6.07, 6.45) is 0. The second kappa shape index (κ2) is 4.51. The van der Waals surface area contributed by atoms with Gasteiger partial charge in [-0.15, -0.1) is 4.91 Å². The van der Waals surface area contributed by atoms with E-state index >= 15 is 0 Å². The van der Waals surface area contributed by atoms with Crippen molar-refractivity contribution >= 4 is 23.3 Å². The fraction of sp³-hybridized carbons (Fsp3) is 0.167. The zero-order valence-electron chi connectivity index (χ0n) is 9.81. The van der Waals surface area contributed by atoms with E-state index in [1.807, 2.05) is 30.3 Å². The van der Waals surface area contributed by atoms with E-state index in [4.69, 9.17) is 5.73 Å². The average molecular weight is 274 g/mol. The zero-order chi connectivity index (χ0) is 13.4. The van der Waals surface area contributed by atoms with Gasteiger partial charge in [-0.05, 0) is 10.7 Å². The number of fused-ring (bicyclic) bond motifs is 1. The van der Waals surface area contributed by atoms with Crippen molar-refractivity contribution in [1.29, 1.82) is 0 Å². The third-order valence-electron chi connectivity index (χ3n) is 3.00. The fourth-order valence-electron chi connectivity index (χ4n) is 2.05. The molecule has 1 aromatic carbocycles. The van der Waals surface area contributed by atoms with Gasteiger partial charge < -0.3 is 5.73 Å².